The predicted octanol–water partition coefficient (Wildman–Crippen LogP) is 1.62. The largest absolute Gasteiger partial charge is 0.480 e. The highest BCUT2D eigenvalue weighted by Gasteiger charge is 2.50. The van der Waals surface area contributed by atoms with E-state index >= 15 is 0 Å². The SMILES string of the molecule is O=C1CCCN1C[C@@H]1CCC2(CN(C(=O)[C@H]3Cc4ccccc4O3)C2)OC1. The number of ether oxygens (including phenoxy) is 2. The second-order valence-electron chi connectivity index (χ2n) is 8.45. The van der Waals surface area contributed by atoms with Crippen LogP contribution in [0.2, 0.25) is 0 Å². The lowest BCUT2D eigenvalue weighted by molar-refractivity contribution is -0.193. The Morgan fingerprint density at radius 3 is 2.81 bits per heavy atom. The number of para-hydroxylation sites is 1. The summed E-state index contributed by atoms with van der Waals surface area (Å²) >= 11 is 0. The summed E-state index contributed by atoms with van der Waals surface area (Å²) in [5.74, 6) is 1.62. The molecule has 4 heterocycles. The highest BCUT2D eigenvalue weighted by molar-refractivity contribution is 5.83. The van der Waals surface area contributed by atoms with E-state index in [1.807, 2.05) is 34.1 Å². The number of carbonyl (C=O) groups is 2. The van der Waals surface area contributed by atoms with Gasteiger partial charge in [-0.2, -0.15) is 0 Å². The van der Waals surface area contributed by atoms with Crippen LogP contribution in [0, 0.1) is 5.92 Å². The van der Waals surface area contributed by atoms with Crippen molar-refractivity contribution in [2.24, 2.45) is 5.92 Å². The summed E-state index contributed by atoms with van der Waals surface area (Å²) in [6.45, 7) is 3.74. The summed E-state index contributed by atoms with van der Waals surface area (Å²) in [5, 5.41) is 0. The molecule has 0 N–H and O–H groups in total. The zero-order valence-corrected chi connectivity index (χ0v) is 15.6. The summed E-state index contributed by atoms with van der Waals surface area (Å²) in [5.41, 5.74) is 0.936. The lowest BCUT2D eigenvalue weighted by Gasteiger charge is -2.53. The third kappa shape index (κ3) is 3.10. The van der Waals surface area contributed by atoms with Crippen molar-refractivity contribution in [3.63, 3.8) is 0 Å². The molecular weight excluding hydrogens is 344 g/mol. The van der Waals surface area contributed by atoms with Crippen LogP contribution in [0.15, 0.2) is 24.3 Å². The number of likely N-dealkylation sites (tertiary alicyclic amines) is 2. The molecule has 0 aromatic heterocycles. The van der Waals surface area contributed by atoms with E-state index in [0.717, 1.165) is 43.7 Å². The predicted molar refractivity (Wildman–Crippen MR) is 98.4 cm³/mol. The van der Waals surface area contributed by atoms with Crippen LogP contribution in [0.3, 0.4) is 0 Å². The van der Waals surface area contributed by atoms with Gasteiger partial charge in [-0.15, -0.1) is 0 Å². The Morgan fingerprint density at radius 1 is 1.26 bits per heavy atom. The van der Waals surface area contributed by atoms with Gasteiger partial charge in [0.2, 0.25) is 5.91 Å². The monoisotopic (exact) mass is 370 g/mol. The lowest BCUT2D eigenvalue weighted by atomic mass is 9.82. The minimum atomic E-state index is -0.391. The van der Waals surface area contributed by atoms with Gasteiger partial charge in [0.15, 0.2) is 6.10 Å². The van der Waals surface area contributed by atoms with Gasteiger partial charge in [0.1, 0.15) is 11.4 Å². The molecule has 4 aliphatic rings. The number of hydrogen-bond donors (Lipinski definition) is 0. The number of benzene rings is 1. The second-order valence-corrected chi connectivity index (χ2v) is 8.45. The molecule has 3 saturated heterocycles. The molecule has 6 nitrogen and oxygen atoms in total. The standard InChI is InChI=1S/C21H26N2O4/c24-19-6-3-9-22(19)11-15-7-8-21(26-12-15)13-23(14-21)20(25)18-10-16-4-1-2-5-17(16)27-18/h1-2,4-5,15,18H,3,6-14H2/t15-,18+/m0/s1. The maximum atomic E-state index is 12.8. The van der Waals surface area contributed by atoms with Gasteiger partial charge in [0.05, 0.1) is 19.7 Å². The minimum Gasteiger partial charge on any atom is -0.480 e. The van der Waals surface area contributed by atoms with Crippen molar-refractivity contribution in [3.05, 3.63) is 29.8 Å². The molecule has 144 valence electrons. The number of fused-ring (bicyclic) bond motifs is 1. The fourth-order valence-electron chi connectivity index (χ4n) is 4.85. The van der Waals surface area contributed by atoms with Crippen molar-refractivity contribution in [2.45, 2.75) is 43.8 Å². The van der Waals surface area contributed by atoms with E-state index in [-0.39, 0.29) is 17.4 Å². The van der Waals surface area contributed by atoms with Gasteiger partial charge in [0, 0.05) is 31.8 Å². The van der Waals surface area contributed by atoms with Crippen molar-refractivity contribution in [1.29, 1.82) is 0 Å². The normalized spacial score (nSPS) is 28.8. The van der Waals surface area contributed by atoms with Gasteiger partial charge >= 0.3 is 0 Å². The summed E-state index contributed by atoms with van der Waals surface area (Å²) < 4.78 is 12.0. The van der Waals surface area contributed by atoms with Crippen molar-refractivity contribution >= 4 is 11.8 Å². The summed E-state index contributed by atoms with van der Waals surface area (Å²) in [7, 11) is 0. The molecule has 27 heavy (non-hydrogen) atoms. The van der Waals surface area contributed by atoms with Crippen molar-refractivity contribution in [1.82, 2.24) is 9.80 Å². The first-order valence-electron chi connectivity index (χ1n) is 10.1. The van der Waals surface area contributed by atoms with Crippen LogP contribution in [-0.2, 0) is 20.7 Å². The van der Waals surface area contributed by atoms with E-state index in [1.54, 1.807) is 0 Å². The molecule has 0 bridgehead atoms. The highest BCUT2D eigenvalue weighted by Crippen LogP contribution is 2.38. The maximum Gasteiger partial charge on any atom is 0.264 e. The molecule has 4 aliphatic heterocycles. The molecule has 2 amide bonds. The fourth-order valence-corrected chi connectivity index (χ4v) is 4.85. The van der Waals surface area contributed by atoms with E-state index in [4.69, 9.17) is 9.47 Å². The zero-order valence-electron chi connectivity index (χ0n) is 15.6. The number of nitrogens with zero attached hydrogens (tertiary/aromatic N) is 2. The molecule has 1 spiro atoms. The van der Waals surface area contributed by atoms with Crippen LogP contribution in [0.4, 0.5) is 0 Å². The molecule has 1 aromatic carbocycles. The van der Waals surface area contributed by atoms with Crippen molar-refractivity contribution < 1.29 is 19.1 Å². The van der Waals surface area contributed by atoms with Crippen molar-refractivity contribution in [2.75, 3.05) is 32.8 Å². The van der Waals surface area contributed by atoms with Crippen LogP contribution in [0.1, 0.15) is 31.2 Å². The Morgan fingerprint density at radius 2 is 2.11 bits per heavy atom. The fraction of sp³-hybridized carbons (Fsp3) is 0.619. The maximum absolute atomic E-state index is 12.8. The third-order valence-electron chi connectivity index (χ3n) is 6.48. The van der Waals surface area contributed by atoms with E-state index in [9.17, 15) is 9.59 Å². The Hall–Kier alpha value is -2.08. The molecule has 0 saturated carbocycles. The number of rotatable bonds is 3. The molecule has 1 aromatic rings. The van der Waals surface area contributed by atoms with Crippen LogP contribution in [-0.4, -0.2) is 66.1 Å². The van der Waals surface area contributed by atoms with Gasteiger partial charge in [-0.1, -0.05) is 18.2 Å². The molecule has 0 aliphatic carbocycles. The van der Waals surface area contributed by atoms with Gasteiger partial charge < -0.3 is 19.3 Å². The molecule has 5 rings (SSSR count). The van der Waals surface area contributed by atoms with Gasteiger partial charge in [-0.05, 0) is 30.9 Å². The summed E-state index contributed by atoms with van der Waals surface area (Å²) in [6, 6.07) is 7.87. The second kappa shape index (κ2) is 6.51. The Kier molecular flexibility index (Phi) is 4.11. The number of carbonyl (C=O) groups excluding carboxylic acids is 2. The first kappa shape index (κ1) is 17.0. The number of amides is 2. The molecular formula is C21H26N2O4. The average Bonchev–Trinajstić information content (AvgIpc) is 3.26. The van der Waals surface area contributed by atoms with Crippen LogP contribution in [0.5, 0.6) is 5.75 Å². The van der Waals surface area contributed by atoms with E-state index in [2.05, 4.69) is 0 Å². The minimum absolute atomic E-state index is 0.0743. The zero-order chi connectivity index (χ0) is 18.4. The van der Waals surface area contributed by atoms with E-state index < -0.39 is 6.10 Å². The Bertz CT molecular complexity index is 723. The van der Waals surface area contributed by atoms with Crippen LogP contribution < -0.4 is 4.74 Å². The molecule has 0 radical (unpaired) electrons. The van der Waals surface area contributed by atoms with Gasteiger partial charge in [0.25, 0.3) is 5.91 Å². The Labute approximate surface area is 159 Å². The van der Waals surface area contributed by atoms with Crippen LogP contribution in [0.25, 0.3) is 0 Å². The summed E-state index contributed by atoms with van der Waals surface area (Å²) in [4.78, 5) is 28.4. The average molecular weight is 370 g/mol. The van der Waals surface area contributed by atoms with Crippen LogP contribution >= 0.6 is 0 Å². The topological polar surface area (TPSA) is 59.1 Å². The number of hydrogen-bond acceptors (Lipinski definition) is 4. The van der Waals surface area contributed by atoms with E-state index in [0.29, 0.717) is 38.5 Å². The van der Waals surface area contributed by atoms with E-state index in [1.165, 1.54) is 0 Å². The highest BCUT2D eigenvalue weighted by atomic mass is 16.5. The smallest absolute Gasteiger partial charge is 0.264 e. The molecule has 0 unspecified atom stereocenters. The van der Waals surface area contributed by atoms with Gasteiger partial charge in [-0.25, -0.2) is 0 Å². The first-order chi connectivity index (χ1) is 13.1. The lowest BCUT2D eigenvalue weighted by Crippen LogP contribution is -2.68. The molecule has 6 heteroatoms. The quantitative estimate of drug-likeness (QED) is 0.811. The third-order valence-corrected chi connectivity index (χ3v) is 6.48. The molecule has 3 fully saturated rings. The first-order valence-corrected chi connectivity index (χ1v) is 10.1. The Balaban J connectivity index is 1.11. The van der Waals surface area contributed by atoms with Crippen molar-refractivity contribution in [3.8, 4) is 5.75 Å². The van der Waals surface area contributed by atoms with Gasteiger partial charge in [-0.3, -0.25) is 9.59 Å². The molecule has 2 atom stereocenters. The summed E-state index contributed by atoms with van der Waals surface area (Å²) in [6.07, 6.45) is 3.98.